The lowest BCUT2D eigenvalue weighted by molar-refractivity contribution is 0.0720. The van der Waals surface area contributed by atoms with Crippen LogP contribution in [0.25, 0.3) is 11.1 Å². The number of hydrogen-bond acceptors (Lipinski definition) is 3. The van der Waals surface area contributed by atoms with Crippen LogP contribution in [0, 0.1) is 23.3 Å². The molecule has 184 valence electrons. The molecule has 3 aromatic rings. The zero-order valence-electron chi connectivity index (χ0n) is 18.7. The van der Waals surface area contributed by atoms with Gasteiger partial charge in [0.2, 0.25) is 0 Å². The van der Waals surface area contributed by atoms with E-state index in [2.05, 4.69) is 0 Å². The molecule has 4 rings (SSSR count). The first-order valence-electron chi connectivity index (χ1n) is 11.0. The van der Waals surface area contributed by atoms with Gasteiger partial charge in [0, 0.05) is 11.1 Å². The molecular formula is C26H20F6O3. The van der Waals surface area contributed by atoms with Gasteiger partial charge in [-0.05, 0) is 48.2 Å². The van der Waals surface area contributed by atoms with E-state index in [4.69, 9.17) is 9.47 Å². The van der Waals surface area contributed by atoms with Crippen molar-refractivity contribution in [3.05, 3.63) is 81.9 Å². The first-order chi connectivity index (χ1) is 16.7. The van der Waals surface area contributed by atoms with Crippen LogP contribution in [-0.2, 0) is 6.42 Å². The number of benzene rings is 3. The summed E-state index contributed by atoms with van der Waals surface area (Å²) in [5.41, 5.74) is -2.32. The van der Waals surface area contributed by atoms with Gasteiger partial charge in [-0.1, -0.05) is 31.5 Å². The van der Waals surface area contributed by atoms with Crippen LogP contribution >= 0.6 is 0 Å². The fourth-order valence-electron chi connectivity index (χ4n) is 4.16. The van der Waals surface area contributed by atoms with E-state index in [0.29, 0.717) is 6.42 Å². The summed E-state index contributed by atoms with van der Waals surface area (Å²) >= 11 is 0. The Balaban J connectivity index is 1.73. The van der Waals surface area contributed by atoms with Crippen molar-refractivity contribution in [2.24, 2.45) is 0 Å². The number of carbonyl (C=O) groups excluding carboxylic acids is 1. The van der Waals surface area contributed by atoms with Crippen molar-refractivity contribution in [3.8, 4) is 22.6 Å². The third-order valence-corrected chi connectivity index (χ3v) is 5.79. The van der Waals surface area contributed by atoms with E-state index in [-0.39, 0.29) is 35.5 Å². The smallest absolute Gasteiger partial charge is 0.346 e. The molecule has 0 radical (unpaired) electrons. The van der Waals surface area contributed by atoms with Crippen LogP contribution in [0.3, 0.4) is 0 Å². The maximum Gasteiger partial charge on any atom is 0.346 e. The highest BCUT2D eigenvalue weighted by Gasteiger charge is 2.40. The number of ether oxygens (including phenoxy) is 2. The van der Waals surface area contributed by atoms with Gasteiger partial charge in [0.25, 0.3) is 0 Å². The van der Waals surface area contributed by atoms with Gasteiger partial charge < -0.3 is 9.47 Å². The highest BCUT2D eigenvalue weighted by atomic mass is 19.2. The van der Waals surface area contributed by atoms with Crippen molar-refractivity contribution in [2.45, 2.75) is 39.0 Å². The summed E-state index contributed by atoms with van der Waals surface area (Å²) in [7, 11) is 0. The first-order valence-corrected chi connectivity index (χ1v) is 11.0. The Hall–Kier alpha value is -3.49. The van der Waals surface area contributed by atoms with Gasteiger partial charge >= 0.3 is 5.97 Å². The second-order valence-electron chi connectivity index (χ2n) is 7.95. The average molecular weight is 494 g/mol. The molecule has 0 aliphatic heterocycles. The highest BCUT2D eigenvalue weighted by Crippen LogP contribution is 2.52. The van der Waals surface area contributed by atoms with E-state index in [1.807, 2.05) is 0 Å². The zero-order chi connectivity index (χ0) is 25.4. The molecule has 0 bridgehead atoms. The molecule has 0 heterocycles. The summed E-state index contributed by atoms with van der Waals surface area (Å²) in [5.74, 6) is -7.67. The molecule has 3 nitrogen and oxygen atoms in total. The van der Waals surface area contributed by atoms with E-state index in [9.17, 15) is 22.4 Å². The van der Waals surface area contributed by atoms with Crippen LogP contribution in [0.2, 0.25) is 0 Å². The Labute approximate surface area is 197 Å². The number of halogens is 6. The fourth-order valence-corrected chi connectivity index (χ4v) is 4.16. The van der Waals surface area contributed by atoms with Crippen LogP contribution in [0.1, 0.15) is 59.7 Å². The molecule has 0 fully saturated rings. The molecule has 0 aromatic heterocycles. The molecular weight excluding hydrogens is 474 g/mol. The van der Waals surface area contributed by atoms with E-state index in [1.54, 1.807) is 13.8 Å². The minimum Gasteiger partial charge on any atom is -0.491 e. The Morgan fingerprint density at radius 1 is 0.771 bits per heavy atom. The normalized spacial score (nSPS) is 16.5. The predicted molar refractivity (Wildman–Crippen MR) is 116 cm³/mol. The third kappa shape index (κ3) is 4.13. The highest BCUT2D eigenvalue weighted by molar-refractivity contribution is 5.91. The largest absolute Gasteiger partial charge is 0.491 e. The summed E-state index contributed by atoms with van der Waals surface area (Å²) in [6, 6.07) is 6.82. The fraction of sp³-hybridized carbons (Fsp3) is 0.269. The SMILES string of the molecule is CCCc1ccc(C(=O)Oc2ccc3c(c2F)C(F)[C@@H](F)c2c-3ccc(OCC)c2F)c(F)c1F. The second kappa shape index (κ2) is 9.64. The number of carbonyl (C=O) groups is 1. The minimum absolute atomic E-state index is 0.0640. The number of rotatable bonds is 6. The van der Waals surface area contributed by atoms with Crippen LogP contribution in [0.5, 0.6) is 11.5 Å². The van der Waals surface area contributed by atoms with Crippen molar-refractivity contribution in [1.82, 2.24) is 0 Å². The molecule has 0 spiro atoms. The summed E-state index contributed by atoms with van der Waals surface area (Å²) in [5, 5.41) is 0. The maximum absolute atomic E-state index is 15.2. The van der Waals surface area contributed by atoms with Crippen molar-refractivity contribution in [2.75, 3.05) is 6.61 Å². The quantitative estimate of drug-likeness (QED) is 0.202. The molecule has 3 aromatic carbocycles. The Kier molecular flexibility index (Phi) is 6.78. The molecule has 1 unspecified atom stereocenters. The lowest BCUT2D eigenvalue weighted by atomic mass is 9.82. The van der Waals surface area contributed by atoms with Gasteiger partial charge in [-0.2, -0.15) is 0 Å². The van der Waals surface area contributed by atoms with Crippen LogP contribution < -0.4 is 9.47 Å². The van der Waals surface area contributed by atoms with Gasteiger partial charge in [0.05, 0.1) is 12.2 Å². The number of aryl methyl sites for hydroxylation is 1. The first kappa shape index (κ1) is 24.6. The summed E-state index contributed by atoms with van der Waals surface area (Å²) in [6.07, 6.45) is -4.39. The molecule has 0 amide bonds. The van der Waals surface area contributed by atoms with Crippen molar-refractivity contribution in [3.63, 3.8) is 0 Å². The number of alkyl halides is 2. The van der Waals surface area contributed by atoms with Crippen LogP contribution in [-0.4, -0.2) is 12.6 Å². The molecule has 2 atom stereocenters. The number of hydrogen-bond donors (Lipinski definition) is 0. The van der Waals surface area contributed by atoms with E-state index >= 15 is 8.78 Å². The van der Waals surface area contributed by atoms with Gasteiger partial charge in [-0.3, -0.25) is 0 Å². The van der Waals surface area contributed by atoms with Gasteiger partial charge in [-0.15, -0.1) is 0 Å². The van der Waals surface area contributed by atoms with Gasteiger partial charge in [0.1, 0.15) is 0 Å². The van der Waals surface area contributed by atoms with E-state index in [0.717, 1.165) is 18.2 Å². The number of esters is 1. The average Bonchev–Trinajstić information content (AvgIpc) is 2.83. The molecule has 35 heavy (non-hydrogen) atoms. The molecule has 9 heteroatoms. The van der Waals surface area contributed by atoms with Crippen molar-refractivity contribution in [1.29, 1.82) is 0 Å². The standard InChI is InChI=1S/C26H20F6O3/c1-3-5-12-6-7-15(21(28)20(12)27)26(33)35-17-11-9-14-13-8-10-16(34-4-2)22(29)18(13)24(31)25(32)19(14)23(17)30/h6-11,24-25H,3-5H2,1-2H3/t24-,25?/m0/s1. The third-order valence-electron chi connectivity index (χ3n) is 5.79. The minimum atomic E-state index is -2.62. The Morgan fingerprint density at radius 2 is 1.34 bits per heavy atom. The second-order valence-corrected chi connectivity index (χ2v) is 7.95. The summed E-state index contributed by atoms with van der Waals surface area (Å²) in [6.45, 7) is 3.46. The molecule has 0 saturated heterocycles. The van der Waals surface area contributed by atoms with Crippen molar-refractivity contribution >= 4 is 5.97 Å². The van der Waals surface area contributed by atoms with Crippen LogP contribution in [0.4, 0.5) is 26.3 Å². The monoisotopic (exact) mass is 494 g/mol. The Bertz CT molecular complexity index is 1310. The zero-order valence-corrected chi connectivity index (χ0v) is 18.7. The van der Waals surface area contributed by atoms with Gasteiger partial charge in [-0.25, -0.2) is 31.1 Å². The number of fused-ring (bicyclic) bond motifs is 3. The summed E-state index contributed by atoms with van der Waals surface area (Å²) < 4.78 is 98.5. The molecule has 0 N–H and O–H groups in total. The topological polar surface area (TPSA) is 35.5 Å². The van der Waals surface area contributed by atoms with Gasteiger partial charge in [0.15, 0.2) is 47.1 Å². The van der Waals surface area contributed by atoms with E-state index < -0.39 is 64.0 Å². The van der Waals surface area contributed by atoms with E-state index in [1.165, 1.54) is 18.2 Å². The summed E-state index contributed by atoms with van der Waals surface area (Å²) in [4.78, 5) is 12.4. The lowest BCUT2D eigenvalue weighted by Gasteiger charge is -2.28. The molecule has 1 aliphatic carbocycles. The predicted octanol–water partition coefficient (Wildman–Crippen LogP) is 7.52. The Morgan fingerprint density at radius 3 is 1.91 bits per heavy atom. The van der Waals surface area contributed by atoms with Crippen LogP contribution in [0.15, 0.2) is 36.4 Å². The van der Waals surface area contributed by atoms with Crippen molar-refractivity contribution < 1.29 is 40.6 Å². The molecule has 1 aliphatic rings. The maximum atomic E-state index is 15.2. The molecule has 0 saturated carbocycles. The lowest BCUT2D eigenvalue weighted by Crippen LogP contribution is -2.18.